The molecule has 1 heterocycles. The molecule has 1 unspecified atom stereocenters. The van der Waals surface area contributed by atoms with Crippen LogP contribution in [-0.4, -0.2) is 47.5 Å². The monoisotopic (exact) mass is 347 g/mol. The highest BCUT2D eigenvalue weighted by atomic mass is 16.4. The van der Waals surface area contributed by atoms with Crippen molar-refractivity contribution in [2.45, 2.75) is 26.7 Å². The van der Waals surface area contributed by atoms with Gasteiger partial charge in [-0.15, -0.1) is 0 Å². The van der Waals surface area contributed by atoms with Crippen LogP contribution in [0.1, 0.15) is 26.7 Å². The van der Waals surface area contributed by atoms with Crippen LogP contribution in [0.2, 0.25) is 0 Å². The van der Waals surface area contributed by atoms with Crippen LogP contribution in [0.4, 0.5) is 10.5 Å². The first kappa shape index (κ1) is 18.8. The molecule has 136 valence electrons. The third-order valence-electron chi connectivity index (χ3n) is 4.39. The Labute approximate surface area is 147 Å². The van der Waals surface area contributed by atoms with Gasteiger partial charge in [0.25, 0.3) is 0 Å². The Balaban J connectivity index is 1.88. The average Bonchev–Trinajstić information content (AvgIpc) is 2.60. The molecule has 0 saturated carbocycles. The van der Waals surface area contributed by atoms with Crippen LogP contribution in [0, 0.1) is 11.3 Å². The summed E-state index contributed by atoms with van der Waals surface area (Å²) in [5.41, 5.74) is -0.309. The molecule has 25 heavy (non-hydrogen) atoms. The molecule has 1 aliphatic rings. The molecule has 2 rings (SSSR count). The Morgan fingerprint density at radius 1 is 1.24 bits per heavy atom. The molecule has 1 aromatic carbocycles. The molecule has 0 spiro atoms. The van der Waals surface area contributed by atoms with Gasteiger partial charge in [-0.1, -0.05) is 18.2 Å². The Kier molecular flexibility index (Phi) is 6.01. The second-order valence-electron chi connectivity index (χ2n) is 6.99. The fraction of sp³-hybridized carbons (Fsp3) is 0.500. The number of nitrogens with zero attached hydrogens (tertiary/aromatic N) is 1. The van der Waals surface area contributed by atoms with Gasteiger partial charge in [-0.3, -0.25) is 9.59 Å². The third-order valence-corrected chi connectivity index (χ3v) is 4.39. The van der Waals surface area contributed by atoms with Crippen LogP contribution in [0.15, 0.2) is 30.3 Å². The number of carbonyl (C=O) groups excluding carboxylic acids is 2. The quantitative estimate of drug-likeness (QED) is 0.760. The van der Waals surface area contributed by atoms with Crippen LogP contribution < -0.4 is 10.6 Å². The number of carboxylic acids is 1. The van der Waals surface area contributed by atoms with Crippen LogP contribution >= 0.6 is 0 Å². The number of urea groups is 1. The summed E-state index contributed by atoms with van der Waals surface area (Å²) in [5, 5.41) is 14.6. The Hall–Kier alpha value is -2.57. The lowest BCUT2D eigenvalue weighted by molar-refractivity contribution is -0.146. The smallest absolute Gasteiger partial charge is 0.321 e. The van der Waals surface area contributed by atoms with E-state index in [4.69, 9.17) is 5.11 Å². The highest BCUT2D eigenvalue weighted by Gasteiger charge is 2.31. The van der Waals surface area contributed by atoms with Crippen molar-refractivity contribution in [3.8, 4) is 0 Å². The number of aliphatic carboxylic acids is 1. The lowest BCUT2D eigenvalue weighted by Gasteiger charge is -2.32. The molecule has 1 fully saturated rings. The summed E-state index contributed by atoms with van der Waals surface area (Å²) in [6.45, 7) is 4.13. The average molecular weight is 347 g/mol. The number of benzene rings is 1. The molecule has 3 N–H and O–H groups in total. The van der Waals surface area contributed by atoms with Gasteiger partial charge in [0.15, 0.2) is 0 Å². The van der Waals surface area contributed by atoms with Gasteiger partial charge in [-0.25, -0.2) is 4.79 Å². The summed E-state index contributed by atoms with van der Waals surface area (Å²) in [6.07, 6.45) is 1.43. The van der Waals surface area contributed by atoms with E-state index in [1.54, 1.807) is 30.9 Å². The maximum atomic E-state index is 12.3. The first-order valence-corrected chi connectivity index (χ1v) is 8.42. The number of amides is 3. The van der Waals surface area contributed by atoms with Crippen molar-refractivity contribution >= 4 is 23.6 Å². The van der Waals surface area contributed by atoms with Gasteiger partial charge in [0.05, 0.1) is 11.3 Å². The van der Waals surface area contributed by atoms with Crippen molar-refractivity contribution in [3.63, 3.8) is 0 Å². The number of para-hydroxylation sites is 1. The standard InChI is InChI=1S/C18H25N3O4/c1-18(2,16(23)24)12-19-15(22)13-7-6-10-21(11-13)17(25)20-14-8-4-3-5-9-14/h3-5,8-9,13H,6-7,10-12H2,1-2H3,(H,19,22)(H,20,25)(H,23,24). The van der Waals surface area contributed by atoms with Gasteiger partial charge in [-0.2, -0.15) is 0 Å². The molecule has 7 nitrogen and oxygen atoms in total. The first-order valence-electron chi connectivity index (χ1n) is 8.42. The van der Waals surface area contributed by atoms with E-state index in [9.17, 15) is 14.4 Å². The molecule has 0 radical (unpaired) electrons. The van der Waals surface area contributed by atoms with Crippen molar-refractivity contribution in [3.05, 3.63) is 30.3 Å². The second-order valence-corrected chi connectivity index (χ2v) is 6.99. The lowest BCUT2D eigenvalue weighted by atomic mass is 9.92. The van der Waals surface area contributed by atoms with E-state index in [0.717, 1.165) is 6.42 Å². The first-order chi connectivity index (χ1) is 11.8. The van der Waals surface area contributed by atoms with E-state index < -0.39 is 11.4 Å². The zero-order valence-electron chi connectivity index (χ0n) is 14.6. The molecule has 0 aromatic heterocycles. The number of nitrogens with one attached hydrogen (secondary N) is 2. The summed E-state index contributed by atoms with van der Waals surface area (Å²) in [6, 6.07) is 8.93. The van der Waals surface area contributed by atoms with Gasteiger partial charge in [0.1, 0.15) is 0 Å². The summed E-state index contributed by atoms with van der Waals surface area (Å²) in [7, 11) is 0. The predicted octanol–water partition coefficient (Wildman–Crippen LogP) is 2.16. The van der Waals surface area contributed by atoms with Gasteiger partial charge < -0.3 is 20.6 Å². The van der Waals surface area contributed by atoms with Gasteiger partial charge in [0, 0.05) is 25.3 Å². The fourth-order valence-corrected chi connectivity index (χ4v) is 2.63. The van der Waals surface area contributed by atoms with Crippen LogP contribution in [0.5, 0.6) is 0 Å². The zero-order chi connectivity index (χ0) is 18.4. The molecule has 7 heteroatoms. The number of hydrogen-bond donors (Lipinski definition) is 3. The fourth-order valence-electron chi connectivity index (χ4n) is 2.63. The van der Waals surface area contributed by atoms with Crippen molar-refractivity contribution in [1.29, 1.82) is 0 Å². The third kappa shape index (κ3) is 5.20. The summed E-state index contributed by atoms with van der Waals surface area (Å²) >= 11 is 0. The highest BCUT2D eigenvalue weighted by Crippen LogP contribution is 2.19. The van der Waals surface area contributed by atoms with E-state index >= 15 is 0 Å². The number of likely N-dealkylation sites (tertiary alicyclic amines) is 1. The minimum absolute atomic E-state index is 0.0634. The Morgan fingerprint density at radius 3 is 2.56 bits per heavy atom. The Morgan fingerprint density at radius 2 is 1.92 bits per heavy atom. The number of hydrogen-bond acceptors (Lipinski definition) is 3. The molecular formula is C18H25N3O4. The summed E-state index contributed by atoms with van der Waals surface area (Å²) in [4.78, 5) is 37.4. The van der Waals surface area contributed by atoms with Gasteiger partial charge >= 0.3 is 12.0 Å². The van der Waals surface area contributed by atoms with Crippen molar-refractivity contribution < 1.29 is 19.5 Å². The van der Waals surface area contributed by atoms with Gasteiger partial charge in [0.2, 0.25) is 5.91 Å². The Bertz CT molecular complexity index is 630. The molecule has 0 bridgehead atoms. The highest BCUT2D eigenvalue weighted by molar-refractivity contribution is 5.90. The van der Waals surface area contributed by atoms with Crippen LogP contribution in [0.3, 0.4) is 0 Å². The molecule has 1 aromatic rings. The minimum Gasteiger partial charge on any atom is -0.481 e. The summed E-state index contributed by atoms with van der Waals surface area (Å²) < 4.78 is 0. The summed E-state index contributed by atoms with van der Waals surface area (Å²) in [5.74, 6) is -1.48. The molecule has 1 saturated heterocycles. The van der Waals surface area contributed by atoms with E-state index in [1.165, 1.54) is 0 Å². The van der Waals surface area contributed by atoms with E-state index in [1.807, 2.05) is 18.2 Å². The molecule has 1 atom stereocenters. The van der Waals surface area contributed by atoms with Crippen LogP contribution in [-0.2, 0) is 9.59 Å². The largest absolute Gasteiger partial charge is 0.481 e. The molecule has 1 aliphatic heterocycles. The maximum absolute atomic E-state index is 12.3. The van der Waals surface area contributed by atoms with Crippen molar-refractivity contribution in [2.75, 3.05) is 25.0 Å². The van der Waals surface area contributed by atoms with E-state index in [0.29, 0.717) is 25.2 Å². The second kappa shape index (κ2) is 8.00. The minimum atomic E-state index is -1.02. The van der Waals surface area contributed by atoms with Crippen LogP contribution in [0.25, 0.3) is 0 Å². The number of rotatable bonds is 5. The molecule has 3 amide bonds. The van der Waals surface area contributed by atoms with E-state index in [-0.39, 0.29) is 24.4 Å². The van der Waals surface area contributed by atoms with Crippen molar-refractivity contribution in [2.24, 2.45) is 11.3 Å². The number of piperidine rings is 1. The number of carboxylic acid groups (broad SMARTS) is 1. The molecule has 0 aliphatic carbocycles. The van der Waals surface area contributed by atoms with E-state index in [2.05, 4.69) is 10.6 Å². The number of carbonyl (C=O) groups is 3. The zero-order valence-corrected chi connectivity index (χ0v) is 14.6. The predicted molar refractivity (Wildman–Crippen MR) is 94.2 cm³/mol. The normalized spacial score (nSPS) is 17.7. The number of anilines is 1. The van der Waals surface area contributed by atoms with Gasteiger partial charge in [-0.05, 0) is 38.8 Å². The topological polar surface area (TPSA) is 98.7 Å². The molecular weight excluding hydrogens is 322 g/mol. The lowest BCUT2D eigenvalue weighted by Crippen LogP contribution is -2.48. The maximum Gasteiger partial charge on any atom is 0.321 e. The van der Waals surface area contributed by atoms with Crippen molar-refractivity contribution in [1.82, 2.24) is 10.2 Å². The SMILES string of the molecule is CC(C)(CNC(=O)C1CCCN(C(=O)Nc2ccccc2)C1)C(=O)O.